The molecule has 0 aliphatic carbocycles. The molecular weight excluding hydrogens is 528 g/mol. The van der Waals surface area contributed by atoms with E-state index in [1.54, 1.807) is 24.3 Å². The molecule has 1 atom stereocenters. The van der Waals surface area contributed by atoms with E-state index in [0.29, 0.717) is 52.3 Å². The van der Waals surface area contributed by atoms with Gasteiger partial charge in [-0.25, -0.2) is 4.39 Å². The van der Waals surface area contributed by atoms with Crippen LogP contribution in [0.5, 0.6) is 11.8 Å². The van der Waals surface area contributed by atoms with E-state index >= 15 is 4.39 Å². The van der Waals surface area contributed by atoms with Crippen molar-refractivity contribution in [2.24, 2.45) is 0 Å². The summed E-state index contributed by atoms with van der Waals surface area (Å²) in [7, 11) is 2.08. The fourth-order valence-electron chi connectivity index (χ4n) is 5.51. The van der Waals surface area contributed by atoms with Gasteiger partial charge in [0.05, 0.1) is 5.02 Å². The van der Waals surface area contributed by atoms with Crippen LogP contribution < -0.4 is 15.0 Å². The fourth-order valence-corrected chi connectivity index (χ4v) is 6.09. The molecule has 198 valence electrons. The molecule has 0 radical (unpaired) electrons. The second-order valence-corrected chi connectivity index (χ2v) is 10.7. The van der Waals surface area contributed by atoms with E-state index in [1.807, 2.05) is 6.07 Å². The molecule has 0 amide bonds. The molecule has 0 saturated carbocycles. The number of halogens is 3. The minimum atomic E-state index is -0.610. The zero-order valence-corrected chi connectivity index (χ0v) is 22.5. The van der Waals surface area contributed by atoms with Gasteiger partial charge in [0.15, 0.2) is 5.82 Å². The molecule has 0 spiro atoms. The average Bonchev–Trinajstić information content (AvgIpc) is 3.32. The number of hydrogen-bond donors (Lipinski definition) is 2. The molecule has 6 rings (SSSR count). The first-order valence-electron chi connectivity index (χ1n) is 12.8. The molecule has 2 N–H and O–H groups in total. The summed E-state index contributed by atoms with van der Waals surface area (Å²) in [5.74, 6) is -0.0300. The van der Waals surface area contributed by atoms with E-state index in [9.17, 15) is 5.11 Å². The minimum Gasteiger partial charge on any atom is -0.508 e. The normalized spacial score (nSPS) is 18.5. The molecule has 10 heteroatoms. The third kappa shape index (κ3) is 4.60. The van der Waals surface area contributed by atoms with Crippen LogP contribution in [0.3, 0.4) is 0 Å². The molecule has 2 fully saturated rings. The lowest BCUT2D eigenvalue weighted by molar-refractivity contribution is 0.188. The quantitative estimate of drug-likeness (QED) is 0.337. The maximum atomic E-state index is 16.5. The lowest BCUT2D eigenvalue weighted by Gasteiger charge is -2.29. The van der Waals surface area contributed by atoms with Crippen molar-refractivity contribution in [1.29, 1.82) is 0 Å². The Morgan fingerprint density at radius 1 is 1.11 bits per heavy atom. The Kier molecular flexibility index (Phi) is 6.90. The van der Waals surface area contributed by atoms with Crippen molar-refractivity contribution >= 4 is 50.7 Å². The Bertz CT molecular complexity index is 1530. The number of fused-ring (bicyclic) bond motifs is 2. The van der Waals surface area contributed by atoms with Gasteiger partial charge in [-0.15, -0.1) is 0 Å². The van der Waals surface area contributed by atoms with Crippen LogP contribution in [0.15, 0.2) is 36.4 Å². The van der Waals surface area contributed by atoms with Crippen molar-refractivity contribution in [3.63, 3.8) is 0 Å². The van der Waals surface area contributed by atoms with Crippen molar-refractivity contribution < 1.29 is 14.2 Å². The van der Waals surface area contributed by atoms with Crippen LogP contribution in [0, 0.1) is 5.82 Å². The van der Waals surface area contributed by atoms with Gasteiger partial charge in [-0.1, -0.05) is 35.3 Å². The van der Waals surface area contributed by atoms with Crippen LogP contribution in [-0.4, -0.2) is 72.4 Å². The highest BCUT2D eigenvalue weighted by molar-refractivity contribution is 6.38. The second kappa shape index (κ2) is 10.3. The standard InChI is InChI=1S/C28H28Cl2FN5O2/c1-35-9-3-5-17(35)15-38-28-33-26-20(27(34-28)36-10-7-32-8-11-36)14-22(30)24(25(26)31)19-13-18(37)12-16-4-2-6-21(29)23(16)19/h2,4,6,12-14,17,32,37H,3,5,7-11,15H2,1H3/t17-/m0/s1. The number of anilines is 1. The van der Waals surface area contributed by atoms with Crippen LogP contribution in [0.25, 0.3) is 32.8 Å². The predicted octanol–water partition coefficient (Wildman–Crippen LogP) is 5.48. The number of hydrogen-bond acceptors (Lipinski definition) is 7. The van der Waals surface area contributed by atoms with E-state index < -0.39 is 5.82 Å². The van der Waals surface area contributed by atoms with E-state index in [4.69, 9.17) is 32.9 Å². The molecule has 7 nitrogen and oxygen atoms in total. The number of piperazine rings is 1. The summed E-state index contributed by atoms with van der Waals surface area (Å²) >= 11 is 13.3. The Morgan fingerprint density at radius 2 is 1.92 bits per heavy atom. The maximum Gasteiger partial charge on any atom is 0.319 e. The van der Waals surface area contributed by atoms with Gasteiger partial charge < -0.3 is 25.0 Å². The Balaban J connectivity index is 1.54. The predicted molar refractivity (Wildman–Crippen MR) is 150 cm³/mol. The highest BCUT2D eigenvalue weighted by atomic mass is 35.5. The third-order valence-corrected chi connectivity index (χ3v) is 8.13. The highest BCUT2D eigenvalue weighted by Crippen LogP contribution is 2.44. The average molecular weight is 556 g/mol. The van der Waals surface area contributed by atoms with Crippen molar-refractivity contribution in [2.75, 3.05) is 51.3 Å². The third-order valence-electron chi connectivity index (χ3n) is 7.52. The zero-order chi connectivity index (χ0) is 26.4. The SMILES string of the molecule is CN1CCC[C@H]1COc1nc(N2CCNCC2)c2cc(Cl)c(-c3cc(O)cc4cccc(Cl)c34)c(F)c2n1. The monoisotopic (exact) mass is 555 g/mol. The number of likely N-dealkylation sites (tertiary alicyclic amines) is 1. The summed E-state index contributed by atoms with van der Waals surface area (Å²) < 4.78 is 22.6. The molecule has 2 saturated heterocycles. The van der Waals surface area contributed by atoms with Gasteiger partial charge in [0.2, 0.25) is 0 Å². The van der Waals surface area contributed by atoms with Crippen molar-refractivity contribution in [2.45, 2.75) is 18.9 Å². The first-order valence-corrected chi connectivity index (χ1v) is 13.6. The van der Waals surface area contributed by atoms with E-state index in [2.05, 4.69) is 27.1 Å². The lowest BCUT2D eigenvalue weighted by Crippen LogP contribution is -2.44. The van der Waals surface area contributed by atoms with Crippen LogP contribution in [0.1, 0.15) is 12.8 Å². The maximum absolute atomic E-state index is 16.5. The van der Waals surface area contributed by atoms with Crippen LogP contribution in [-0.2, 0) is 0 Å². The zero-order valence-electron chi connectivity index (χ0n) is 21.0. The largest absolute Gasteiger partial charge is 0.508 e. The molecule has 3 aromatic carbocycles. The van der Waals surface area contributed by atoms with Crippen LogP contribution in [0.4, 0.5) is 10.2 Å². The van der Waals surface area contributed by atoms with E-state index in [-0.39, 0.29) is 33.9 Å². The van der Waals surface area contributed by atoms with Crippen molar-refractivity contribution in [3.8, 4) is 22.9 Å². The van der Waals surface area contributed by atoms with E-state index in [0.717, 1.165) is 32.5 Å². The number of benzene rings is 3. The van der Waals surface area contributed by atoms with Crippen molar-refractivity contribution in [3.05, 3.63) is 52.3 Å². The number of nitrogens with zero attached hydrogens (tertiary/aromatic N) is 4. The summed E-state index contributed by atoms with van der Waals surface area (Å²) in [5.41, 5.74) is 0.637. The lowest BCUT2D eigenvalue weighted by atomic mass is 9.96. The number of rotatable bonds is 5. The molecule has 38 heavy (non-hydrogen) atoms. The summed E-state index contributed by atoms with van der Waals surface area (Å²) in [5, 5.41) is 16.2. The molecule has 3 heterocycles. The first-order chi connectivity index (χ1) is 18.4. The topological polar surface area (TPSA) is 73.8 Å². The van der Waals surface area contributed by atoms with Gasteiger partial charge in [0.1, 0.15) is 23.7 Å². The van der Waals surface area contributed by atoms with E-state index in [1.165, 1.54) is 6.07 Å². The van der Waals surface area contributed by atoms with Gasteiger partial charge in [-0.2, -0.15) is 9.97 Å². The molecule has 2 aliphatic heterocycles. The van der Waals surface area contributed by atoms with Gasteiger partial charge in [-0.3, -0.25) is 0 Å². The number of phenolic OH excluding ortho intramolecular Hbond substituents is 1. The highest BCUT2D eigenvalue weighted by Gasteiger charge is 2.26. The van der Waals surface area contributed by atoms with Gasteiger partial charge >= 0.3 is 6.01 Å². The number of phenols is 1. The summed E-state index contributed by atoms with van der Waals surface area (Å²) in [6.07, 6.45) is 2.15. The Morgan fingerprint density at radius 3 is 2.68 bits per heavy atom. The minimum absolute atomic E-state index is 0.0146. The van der Waals surface area contributed by atoms with Crippen LogP contribution >= 0.6 is 23.2 Å². The summed E-state index contributed by atoms with van der Waals surface area (Å²) in [4.78, 5) is 13.6. The number of ether oxygens (including phenoxy) is 1. The summed E-state index contributed by atoms with van der Waals surface area (Å²) in [6.45, 7) is 4.45. The molecule has 4 aromatic rings. The van der Waals surface area contributed by atoms with Crippen molar-refractivity contribution in [1.82, 2.24) is 20.2 Å². The van der Waals surface area contributed by atoms with Gasteiger partial charge in [0, 0.05) is 53.6 Å². The molecule has 1 aromatic heterocycles. The summed E-state index contributed by atoms with van der Waals surface area (Å²) in [6, 6.07) is 10.5. The molecular formula is C28H28Cl2FN5O2. The van der Waals surface area contributed by atoms with Gasteiger partial charge in [0.25, 0.3) is 0 Å². The second-order valence-electron chi connectivity index (χ2n) is 9.93. The molecule has 0 unspecified atom stereocenters. The molecule has 2 aliphatic rings. The Hall–Kier alpha value is -2.91. The number of aromatic hydroxyl groups is 1. The number of nitrogens with one attached hydrogen (secondary N) is 1. The first kappa shape index (κ1) is 25.4. The van der Waals surface area contributed by atoms with Gasteiger partial charge in [-0.05, 0) is 61.6 Å². The Labute approximate surface area is 230 Å². The smallest absolute Gasteiger partial charge is 0.319 e. The fraction of sp³-hybridized carbons (Fsp3) is 0.357. The van der Waals surface area contributed by atoms with Crippen LogP contribution in [0.2, 0.25) is 10.0 Å². The molecule has 0 bridgehead atoms. The number of aromatic nitrogens is 2. The number of likely N-dealkylation sites (N-methyl/N-ethyl adjacent to an activating group) is 1.